The molecule has 0 radical (unpaired) electrons. The van der Waals surface area contributed by atoms with Gasteiger partial charge in [-0.15, -0.1) is 0 Å². The Morgan fingerprint density at radius 3 is 2.45 bits per heavy atom. The van der Waals surface area contributed by atoms with Gasteiger partial charge in [0.15, 0.2) is 0 Å². The first-order chi connectivity index (χ1) is 14.7. The largest absolute Gasteiger partial charge is 0.490 e. The number of halogens is 3. The molecule has 3 aliphatic rings. The molecule has 1 aromatic rings. The van der Waals surface area contributed by atoms with Crippen molar-refractivity contribution in [2.75, 3.05) is 26.2 Å². The molecule has 3 atom stereocenters. The third-order valence-electron chi connectivity index (χ3n) is 5.69. The number of piperidine rings is 1. The smallest absolute Gasteiger partial charge is 0.475 e. The van der Waals surface area contributed by atoms with Crippen LogP contribution in [0.3, 0.4) is 0 Å². The van der Waals surface area contributed by atoms with Crippen molar-refractivity contribution in [2.24, 2.45) is 5.92 Å². The number of hydrogen-bond donors (Lipinski definition) is 1. The van der Waals surface area contributed by atoms with E-state index in [0.717, 1.165) is 38.8 Å². The molecule has 0 spiro atoms. The van der Waals surface area contributed by atoms with Gasteiger partial charge in [0.05, 0.1) is 23.6 Å². The average molecular weight is 443 g/mol. The van der Waals surface area contributed by atoms with E-state index in [1.807, 2.05) is 9.80 Å². The standard InChI is InChI=1S/C18H23N3O3.C2HF3O2/c22-17(20-7-1-2-8-20)14-10-16-15(5-9-24-16)21(12-14)18(23)13-4-3-6-19-11-13;3-2(4,5)1(6)7/h3-4,6,11,14-16H,1-2,5,7-10,12H2;(H,6,7)/t14-,15+,16+;/m0./s1. The summed E-state index contributed by atoms with van der Waals surface area (Å²) in [6, 6.07) is 3.64. The second-order valence-electron chi connectivity index (χ2n) is 7.73. The van der Waals surface area contributed by atoms with Crippen LogP contribution < -0.4 is 0 Å². The van der Waals surface area contributed by atoms with Crippen LogP contribution in [-0.2, 0) is 14.3 Å². The second kappa shape index (κ2) is 9.63. The summed E-state index contributed by atoms with van der Waals surface area (Å²) in [5.74, 6) is -2.76. The zero-order chi connectivity index (χ0) is 22.6. The lowest BCUT2D eigenvalue weighted by Gasteiger charge is -2.41. The van der Waals surface area contributed by atoms with Gasteiger partial charge < -0.3 is 19.6 Å². The van der Waals surface area contributed by atoms with Gasteiger partial charge in [0.2, 0.25) is 5.91 Å². The van der Waals surface area contributed by atoms with Crippen LogP contribution in [0, 0.1) is 5.92 Å². The number of rotatable bonds is 2. The molecule has 8 nitrogen and oxygen atoms in total. The Hall–Kier alpha value is -2.69. The number of alkyl halides is 3. The third-order valence-corrected chi connectivity index (χ3v) is 5.69. The fraction of sp³-hybridized carbons (Fsp3) is 0.600. The van der Waals surface area contributed by atoms with Gasteiger partial charge in [0, 0.05) is 38.6 Å². The number of aromatic nitrogens is 1. The summed E-state index contributed by atoms with van der Waals surface area (Å²) in [5, 5.41) is 7.12. The fourth-order valence-corrected chi connectivity index (χ4v) is 4.21. The Labute approximate surface area is 177 Å². The lowest BCUT2D eigenvalue weighted by atomic mass is 9.88. The number of carbonyl (C=O) groups is 3. The molecule has 3 aliphatic heterocycles. The van der Waals surface area contributed by atoms with Gasteiger partial charge in [0.25, 0.3) is 5.91 Å². The van der Waals surface area contributed by atoms with Gasteiger partial charge in [-0.2, -0.15) is 13.2 Å². The second-order valence-corrected chi connectivity index (χ2v) is 7.73. The number of amides is 2. The van der Waals surface area contributed by atoms with Crippen molar-refractivity contribution in [3.8, 4) is 0 Å². The highest BCUT2D eigenvalue weighted by Crippen LogP contribution is 2.33. The Bertz CT molecular complexity index is 799. The summed E-state index contributed by atoms with van der Waals surface area (Å²) in [6.07, 6.45) is 1.90. The summed E-state index contributed by atoms with van der Waals surface area (Å²) in [7, 11) is 0. The lowest BCUT2D eigenvalue weighted by molar-refractivity contribution is -0.192. The molecule has 31 heavy (non-hydrogen) atoms. The van der Waals surface area contributed by atoms with Crippen LogP contribution in [0.5, 0.6) is 0 Å². The lowest BCUT2D eigenvalue weighted by Crippen LogP contribution is -2.55. The van der Waals surface area contributed by atoms with Crippen LogP contribution in [0.25, 0.3) is 0 Å². The normalized spacial score (nSPS) is 25.5. The highest BCUT2D eigenvalue weighted by molar-refractivity contribution is 5.94. The first-order valence-corrected chi connectivity index (χ1v) is 10.1. The van der Waals surface area contributed by atoms with Crippen LogP contribution in [0.1, 0.15) is 36.0 Å². The van der Waals surface area contributed by atoms with E-state index in [1.54, 1.807) is 24.5 Å². The number of ether oxygens (including phenoxy) is 1. The van der Waals surface area contributed by atoms with Crippen molar-refractivity contribution in [3.05, 3.63) is 30.1 Å². The van der Waals surface area contributed by atoms with Crippen LogP contribution in [-0.4, -0.2) is 82.2 Å². The van der Waals surface area contributed by atoms with Crippen molar-refractivity contribution in [2.45, 2.75) is 44.0 Å². The molecular weight excluding hydrogens is 419 g/mol. The maximum absolute atomic E-state index is 12.9. The summed E-state index contributed by atoms with van der Waals surface area (Å²) in [4.78, 5) is 42.5. The number of fused-ring (bicyclic) bond motifs is 1. The molecule has 3 fully saturated rings. The van der Waals surface area contributed by atoms with E-state index in [0.29, 0.717) is 18.7 Å². The number of carboxylic acid groups (broad SMARTS) is 1. The maximum atomic E-state index is 12.9. The van der Waals surface area contributed by atoms with E-state index < -0.39 is 12.1 Å². The van der Waals surface area contributed by atoms with Crippen molar-refractivity contribution >= 4 is 17.8 Å². The molecule has 11 heteroatoms. The van der Waals surface area contributed by atoms with Gasteiger partial charge in [-0.3, -0.25) is 14.6 Å². The molecule has 3 saturated heterocycles. The van der Waals surface area contributed by atoms with Gasteiger partial charge in [-0.25, -0.2) is 4.79 Å². The molecule has 0 saturated carbocycles. The van der Waals surface area contributed by atoms with E-state index in [2.05, 4.69) is 4.98 Å². The quantitative estimate of drug-likeness (QED) is 0.750. The maximum Gasteiger partial charge on any atom is 0.490 e. The monoisotopic (exact) mass is 443 g/mol. The molecule has 0 aliphatic carbocycles. The number of carbonyl (C=O) groups excluding carboxylic acids is 2. The molecule has 0 unspecified atom stereocenters. The van der Waals surface area contributed by atoms with Crippen LogP contribution in [0.2, 0.25) is 0 Å². The summed E-state index contributed by atoms with van der Waals surface area (Å²) < 4.78 is 37.6. The fourth-order valence-electron chi connectivity index (χ4n) is 4.21. The zero-order valence-electron chi connectivity index (χ0n) is 16.8. The van der Waals surface area contributed by atoms with Gasteiger partial charge >= 0.3 is 12.1 Å². The zero-order valence-corrected chi connectivity index (χ0v) is 16.8. The van der Waals surface area contributed by atoms with Crippen LogP contribution in [0.4, 0.5) is 13.2 Å². The van der Waals surface area contributed by atoms with E-state index in [1.165, 1.54) is 0 Å². The Morgan fingerprint density at radius 1 is 1.19 bits per heavy atom. The van der Waals surface area contributed by atoms with Gasteiger partial charge in [-0.1, -0.05) is 0 Å². The van der Waals surface area contributed by atoms with Crippen molar-refractivity contribution < 1.29 is 37.4 Å². The topological polar surface area (TPSA) is 100 Å². The third kappa shape index (κ3) is 5.52. The average Bonchev–Trinajstić information content (AvgIpc) is 3.44. The summed E-state index contributed by atoms with van der Waals surface area (Å²) >= 11 is 0. The predicted octanol–water partition coefficient (Wildman–Crippen LogP) is 1.96. The highest BCUT2D eigenvalue weighted by atomic mass is 19.4. The van der Waals surface area contributed by atoms with Crippen molar-refractivity contribution in [3.63, 3.8) is 0 Å². The minimum absolute atomic E-state index is 0.0177. The molecule has 0 bridgehead atoms. The molecular formula is C20H24F3N3O5. The molecule has 1 aromatic heterocycles. The SMILES string of the molecule is O=C(O)C(F)(F)F.O=C([C@H]1C[C@H]2OCC[C@H]2N(C(=O)c2cccnc2)C1)N1CCCC1. The minimum Gasteiger partial charge on any atom is -0.475 e. The Morgan fingerprint density at radius 2 is 1.87 bits per heavy atom. The van der Waals surface area contributed by atoms with E-state index in [4.69, 9.17) is 14.6 Å². The van der Waals surface area contributed by atoms with Crippen molar-refractivity contribution in [1.29, 1.82) is 0 Å². The molecule has 4 rings (SSSR count). The Balaban J connectivity index is 0.000000339. The number of hydrogen-bond acceptors (Lipinski definition) is 5. The van der Waals surface area contributed by atoms with Gasteiger partial charge in [0.1, 0.15) is 0 Å². The number of likely N-dealkylation sites (tertiary alicyclic amines) is 2. The van der Waals surface area contributed by atoms with Gasteiger partial charge in [-0.05, 0) is 37.8 Å². The minimum atomic E-state index is -5.08. The number of nitrogens with zero attached hydrogens (tertiary/aromatic N) is 3. The Kier molecular flexibility index (Phi) is 7.14. The number of aliphatic carboxylic acids is 1. The summed E-state index contributed by atoms with van der Waals surface area (Å²) in [6.45, 7) is 2.85. The van der Waals surface area contributed by atoms with Crippen LogP contribution >= 0.6 is 0 Å². The molecule has 0 aromatic carbocycles. The number of pyridine rings is 1. The van der Waals surface area contributed by atoms with E-state index in [-0.39, 0.29) is 29.9 Å². The first kappa shape index (κ1) is 23.0. The molecule has 170 valence electrons. The number of carboxylic acids is 1. The van der Waals surface area contributed by atoms with E-state index >= 15 is 0 Å². The molecule has 1 N–H and O–H groups in total. The predicted molar refractivity (Wildman–Crippen MR) is 101 cm³/mol. The summed E-state index contributed by atoms with van der Waals surface area (Å²) in [5.41, 5.74) is 0.581. The highest BCUT2D eigenvalue weighted by Gasteiger charge is 2.45. The van der Waals surface area contributed by atoms with Crippen LogP contribution in [0.15, 0.2) is 24.5 Å². The first-order valence-electron chi connectivity index (χ1n) is 10.1. The molecule has 4 heterocycles. The van der Waals surface area contributed by atoms with Crippen molar-refractivity contribution in [1.82, 2.24) is 14.8 Å². The van der Waals surface area contributed by atoms with E-state index in [9.17, 15) is 22.8 Å². The molecule has 2 amide bonds.